The third-order valence-electron chi connectivity index (χ3n) is 3.60. The smallest absolute Gasteiger partial charge is 0.277 e. The van der Waals surface area contributed by atoms with E-state index in [0.717, 1.165) is 42.6 Å². The lowest BCUT2D eigenvalue weighted by atomic mass is 10.1. The van der Waals surface area contributed by atoms with Crippen LogP contribution in [0.1, 0.15) is 30.7 Å². The largest absolute Gasteiger partial charge is 0.332 e. The maximum absolute atomic E-state index is 5.40. The highest BCUT2D eigenvalue weighted by atomic mass is 35.5. The molecule has 0 aromatic carbocycles. The Bertz CT molecular complexity index is 600. The van der Waals surface area contributed by atoms with Gasteiger partial charge in [0.25, 0.3) is 5.89 Å². The summed E-state index contributed by atoms with van der Waals surface area (Å²) in [6.45, 7) is 7.23. The lowest BCUT2D eigenvalue weighted by molar-refractivity contribution is 0.190. The second kappa shape index (κ2) is 7.50. The first-order valence-electron chi connectivity index (χ1n) is 7.33. The summed E-state index contributed by atoms with van der Waals surface area (Å²) in [5, 5.41) is 10.6. The molecule has 1 saturated heterocycles. The van der Waals surface area contributed by atoms with Crippen molar-refractivity contribution in [3.05, 3.63) is 16.2 Å². The summed E-state index contributed by atoms with van der Waals surface area (Å²) >= 11 is 1.66. The van der Waals surface area contributed by atoms with Crippen molar-refractivity contribution < 1.29 is 4.52 Å². The summed E-state index contributed by atoms with van der Waals surface area (Å²) < 4.78 is 5.40. The monoisotopic (exact) mass is 343 g/mol. The van der Waals surface area contributed by atoms with Crippen molar-refractivity contribution in [2.24, 2.45) is 5.92 Å². The maximum atomic E-state index is 5.40. The van der Waals surface area contributed by atoms with Crippen molar-refractivity contribution in [1.82, 2.24) is 25.3 Å². The Morgan fingerprint density at radius 1 is 1.45 bits per heavy atom. The molecule has 1 N–H and O–H groups in total. The number of piperazine rings is 1. The van der Waals surface area contributed by atoms with Gasteiger partial charge in [0.15, 0.2) is 5.82 Å². The molecule has 1 aliphatic rings. The van der Waals surface area contributed by atoms with E-state index in [4.69, 9.17) is 4.52 Å². The second-order valence-corrected chi connectivity index (χ2v) is 6.83. The predicted molar refractivity (Wildman–Crippen MR) is 89.4 cm³/mol. The van der Waals surface area contributed by atoms with E-state index in [9.17, 15) is 0 Å². The molecule has 0 spiro atoms. The average Bonchev–Trinajstić information content (AvgIpc) is 3.07. The van der Waals surface area contributed by atoms with Crippen LogP contribution in [0.3, 0.4) is 0 Å². The number of rotatable bonds is 4. The molecular formula is C14H22ClN5OS. The first kappa shape index (κ1) is 17.3. The van der Waals surface area contributed by atoms with Gasteiger partial charge in [-0.05, 0) is 13.0 Å². The zero-order valence-corrected chi connectivity index (χ0v) is 14.7. The molecule has 6 nitrogen and oxygen atoms in total. The number of halogens is 1. The third kappa shape index (κ3) is 3.84. The molecular weight excluding hydrogens is 322 g/mol. The van der Waals surface area contributed by atoms with Crippen LogP contribution in [0.15, 0.2) is 9.90 Å². The van der Waals surface area contributed by atoms with Crippen LogP contribution in [-0.2, 0) is 6.42 Å². The summed E-state index contributed by atoms with van der Waals surface area (Å²) in [6.07, 6.45) is 0.987. The third-order valence-corrected chi connectivity index (χ3v) is 4.48. The van der Waals surface area contributed by atoms with Crippen LogP contribution in [-0.4, -0.2) is 46.7 Å². The lowest BCUT2D eigenvalue weighted by Crippen LogP contribution is -2.44. The summed E-state index contributed by atoms with van der Waals surface area (Å²) in [5.74, 6) is 1.86. The van der Waals surface area contributed by atoms with Crippen LogP contribution in [0.25, 0.3) is 11.6 Å². The Morgan fingerprint density at radius 3 is 3.00 bits per heavy atom. The Balaban J connectivity index is 0.00000176. The average molecular weight is 344 g/mol. The minimum absolute atomic E-state index is 0. The number of nitrogens with one attached hydrogen (secondary N) is 1. The number of thiazole rings is 1. The van der Waals surface area contributed by atoms with Crippen LogP contribution in [0.5, 0.6) is 0 Å². The van der Waals surface area contributed by atoms with Gasteiger partial charge in [-0.2, -0.15) is 4.98 Å². The Kier molecular flexibility index (Phi) is 5.91. The molecule has 1 atom stereocenters. The van der Waals surface area contributed by atoms with Crippen molar-refractivity contribution in [2.45, 2.75) is 26.3 Å². The fraction of sp³-hybridized carbons (Fsp3) is 0.643. The molecule has 8 heteroatoms. The first-order chi connectivity index (χ1) is 10.1. The molecule has 122 valence electrons. The van der Waals surface area contributed by atoms with Crippen molar-refractivity contribution in [1.29, 1.82) is 0 Å². The van der Waals surface area contributed by atoms with Crippen molar-refractivity contribution in [3.63, 3.8) is 0 Å². The summed E-state index contributed by atoms with van der Waals surface area (Å²) in [6, 6.07) is 0.171. The lowest BCUT2D eigenvalue weighted by Gasteiger charge is -2.30. The van der Waals surface area contributed by atoms with Gasteiger partial charge in [0.05, 0.1) is 11.0 Å². The molecule has 1 aliphatic heterocycles. The van der Waals surface area contributed by atoms with Crippen LogP contribution < -0.4 is 5.32 Å². The predicted octanol–water partition coefficient (Wildman–Crippen LogP) is 2.39. The standard InChI is InChI=1S/C14H21N5OS.ClH/c1-9(2)6-12-16-10(8-21-12)14-17-13(18-20-14)11-7-15-4-5-19(11)3;/h8-9,11,15H,4-7H2,1-3H3;1H. The van der Waals surface area contributed by atoms with Crippen LogP contribution in [0.2, 0.25) is 0 Å². The first-order valence-corrected chi connectivity index (χ1v) is 8.21. The van der Waals surface area contributed by atoms with Crippen LogP contribution >= 0.6 is 23.7 Å². The van der Waals surface area contributed by atoms with Gasteiger partial charge < -0.3 is 9.84 Å². The van der Waals surface area contributed by atoms with E-state index in [1.165, 1.54) is 0 Å². The number of aromatic nitrogens is 3. The van der Waals surface area contributed by atoms with Crippen molar-refractivity contribution >= 4 is 23.7 Å². The molecule has 2 aromatic heterocycles. The van der Waals surface area contributed by atoms with Crippen molar-refractivity contribution in [2.75, 3.05) is 26.7 Å². The van der Waals surface area contributed by atoms with Gasteiger partial charge in [0.1, 0.15) is 5.69 Å². The summed E-state index contributed by atoms with van der Waals surface area (Å²) in [7, 11) is 2.09. The van der Waals surface area contributed by atoms with Crippen molar-refractivity contribution in [3.8, 4) is 11.6 Å². The number of nitrogens with zero attached hydrogens (tertiary/aromatic N) is 4. The molecule has 1 unspecified atom stereocenters. The number of likely N-dealkylation sites (N-methyl/N-ethyl adjacent to an activating group) is 1. The molecule has 0 aliphatic carbocycles. The Hall–Kier alpha value is -1.02. The van der Waals surface area contributed by atoms with Gasteiger partial charge in [-0.1, -0.05) is 19.0 Å². The molecule has 3 heterocycles. The normalized spacial score (nSPS) is 19.4. The molecule has 0 bridgehead atoms. The topological polar surface area (TPSA) is 67.1 Å². The van der Waals surface area contributed by atoms with E-state index < -0.39 is 0 Å². The molecule has 0 radical (unpaired) electrons. The van der Waals surface area contributed by atoms with E-state index in [1.54, 1.807) is 11.3 Å². The molecule has 22 heavy (non-hydrogen) atoms. The van der Waals surface area contributed by atoms with E-state index in [-0.39, 0.29) is 18.4 Å². The zero-order valence-electron chi connectivity index (χ0n) is 13.1. The second-order valence-electron chi connectivity index (χ2n) is 5.88. The summed E-state index contributed by atoms with van der Waals surface area (Å²) in [5.41, 5.74) is 0.792. The van der Waals surface area contributed by atoms with Gasteiger partial charge in [-0.3, -0.25) is 4.90 Å². The highest BCUT2D eigenvalue weighted by Crippen LogP contribution is 2.25. The van der Waals surface area contributed by atoms with Crippen LogP contribution in [0, 0.1) is 5.92 Å². The SMILES string of the molecule is CC(C)Cc1nc(-c2nc(C3CNCCN3C)no2)cs1.Cl. The van der Waals surface area contributed by atoms with E-state index in [2.05, 4.69) is 46.2 Å². The van der Waals surface area contributed by atoms with Gasteiger partial charge in [-0.25, -0.2) is 4.98 Å². The Morgan fingerprint density at radius 2 is 2.27 bits per heavy atom. The molecule has 3 rings (SSSR count). The minimum atomic E-state index is 0. The fourth-order valence-electron chi connectivity index (χ4n) is 2.42. The number of hydrogen-bond acceptors (Lipinski definition) is 7. The quantitative estimate of drug-likeness (QED) is 0.919. The maximum Gasteiger partial charge on any atom is 0.277 e. The number of hydrogen-bond donors (Lipinski definition) is 1. The van der Waals surface area contributed by atoms with E-state index >= 15 is 0 Å². The zero-order chi connectivity index (χ0) is 14.8. The van der Waals surface area contributed by atoms with Crippen LogP contribution in [0.4, 0.5) is 0 Å². The highest BCUT2D eigenvalue weighted by molar-refractivity contribution is 7.09. The molecule has 0 saturated carbocycles. The fourth-order valence-corrected chi connectivity index (χ4v) is 3.40. The molecule has 2 aromatic rings. The van der Waals surface area contributed by atoms with E-state index in [1.807, 2.05) is 5.38 Å². The van der Waals surface area contributed by atoms with Gasteiger partial charge >= 0.3 is 0 Å². The molecule has 1 fully saturated rings. The highest BCUT2D eigenvalue weighted by Gasteiger charge is 2.26. The van der Waals surface area contributed by atoms with Gasteiger partial charge in [-0.15, -0.1) is 23.7 Å². The minimum Gasteiger partial charge on any atom is -0.332 e. The van der Waals surface area contributed by atoms with Gasteiger partial charge in [0.2, 0.25) is 0 Å². The van der Waals surface area contributed by atoms with Gasteiger partial charge in [0, 0.05) is 31.4 Å². The summed E-state index contributed by atoms with van der Waals surface area (Å²) in [4.78, 5) is 11.4. The van der Waals surface area contributed by atoms with E-state index in [0.29, 0.717) is 11.8 Å². The Labute approximate surface area is 140 Å². The molecule has 0 amide bonds.